The van der Waals surface area contributed by atoms with Crippen molar-refractivity contribution in [2.24, 2.45) is 0 Å². The third kappa shape index (κ3) is 3.41. The second-order valence-electron chi connectivity index (χ2n) is 7.39. The number of hydrogen-bond donors (Lipinski definition) is 1. The highest BCUT2D eigenvalue weighted by Crippen LogP contribution is 2.34. The number of sulfonamides is 1. The van der Waals surface area contributed by atoms with Crippen molar-refractivity contribution in [3.05, 3.63) is 35.5 Å². The number of benzene rings is 1. The molecule has 0 spiro atoms. The number of ether oxygens (including phenoxy) is 2. The largest absolute Gasteiger partial charge is 0.482 e. The lowest BCUT2D eigenvalue weighted by atomic mass is 10.0. The number of aromatic nitrogens is 1. The van der Waals surface area contributed by atoms with Gasteiger partial charge < -0.3 is 19.2 Å². The lowest BCUT2D eigenvalue weighted by molar-refractivity contribution is -0.118. The van der Waals surface area contributed by atoms with Gasteiger partial charge in [0.1, 0.15) is 11.5 Å². The maximum absolute atomic E-state index is 13.2. The summed E-state index contributed by atoms with van der Waals surface area (Å²) in [7, 11) is -3.75. The minimum atomic E-state index is -3.75. The Bertz CT molecular complexity index is 1060. The molecule has 1 aromatic heterocycles. The first-order chi connectivity index (χ1) is 14.0. The normalized spacial score (nSPS) is 20.5. The fraction of sp³-hybridized carbons (Fsp3) is 0.474. The predicted octanol–water partition coefficient (Wildman–Crippen LogP) is 1.65. The molecule has 4 heterocycles. The monoisotopic (exact) mass is 419 g/mol. The molecule has 0 radical (unpaired) electrons. The molecule has 1 saturated heterocycles. The highest BCUT2D eigenvalue weighted by atomic mass is 32.2. The Hall–Kier alpha value is -2.43. The third-order valence-corrected chi connectivity index (χ3v) is 7.34. The van der Waals surface area contributed by atoms with Crippen LogP contribution in [0.25, 0.3) is 0 Å². The lowest BCUT2D eigenvalue weighted by Crippen LogP contribution is -2.36. The van der Waals surface area contributed by atoms with Gasteiger partial charge in [-0.05, 0) is 31.0 Å². The summed E-state index contributed by atoms with van der Waals surface area (Å²) in [5.41, 5.74) is 1.04. The average molecular weight is 419 g/mol. The number of fused-ring (bicyclic) bond motifs is 2. The van der Waals surface area contributed by atoms with E-state index >= 15 is 0 Å². The standard InChI is InChI=1S/C19H21N3O6S/c23-18-11-27-16-2-1-13(9-14(16)20-18)29(24,25)22-6-3-17-15(10-22)21-19(28-17)12-4-7-26-8-5-12/h1-2,9,12H,3-8,10-11H2,(H,20,23). The molecule has 1 fully saturated rings. The molecule has 0 bridgehead atoms. The maximum atomic E-state index is 13.2. The summed E-state index contributed by atoms with van der Waals surface area (Å²) in [4.78, 5) is 16.3. The van der Waals surface area contributed by atoms with Gasteiger partial charge in [-0.2, -0.15) is 4.31 Å². The number of nitrogens with zero attached hydrogens (tertiary/aromatic N) is 2. The molecular weight excluding hydrogens is 398 g/mol. The van der Waals surface area contributed by atoms with E-state index in [9.17, 15) is 13.2 Å². The fourth-order valence-corrected chi connectivity index (χ4v) is 5.32. The summed E-state index contributed by atoms with van der Waals surface area (Å²) < 4.78 is 44.4. The molecule has 0 unspecified atom stereocenters. The number of rotatable bonds is 3. The molecule has 3 aliphatic rings. The minimum absolute atomic E-state index is 0.0738. The first-order valence-corrected chi connectivity index (χ1v) is 11.1. The van der Waals surface area contributed by atoms with Crippen molar-refractivity contribution in [1.29, 1.82) is 0 Å². The van der Waals surface area contributed by atoms with E-state index in [1.165, 1.54) is 16.4 Å². The molecule has 9 nitrogen and oxygen atoms in total. The van der Waals surface area contributed by atoms with Crippen molar-refractivity contribution in [3.8, 4) is 5.75 Å². The van der Waals surface area contributed by atoms with Gasteiger partial charge in [-0.1, -0.05) is 0 Å². The molecule has 0 saturated carbocycles. The maximum Gasteiger partial charge on any atom is 0.262 e. The second kappa shape index (κ2) is 7.12. The SMILES string of the molecule is O=C1COc2ccc(S(=O)(=O)N3CCc4oc(C5CCOCC5)nc4C3)cc2N1. The summed E-state index contributed by atoms with van der Waals surface area (Å²) in [5, 5.41) is 2.65. The van der Waals surface area contributed by atoms with Gasteiger partial charge in [0.05, 0.1) is 22.8 Å². The summed E-state index contributed by atoms with van der Waals surface area (Å²) in [6.45, 7) is 1.80. The van der Waals surface area contributed by atoms with Crippen molar-refractivity contribution < 1.29 is 27.1 Å². The van der Waals surface area contributed by atoms with Crippen LogP contribution in [0, 0.1) is 0 Å². The van der Waals surface area contributed by atoms with Crippen molar-refractivity contribution in [2.75, 3.05) is 31.7 Å². The Morgan fingerprint density at radius 3 is 2.86 bits per heavy atom. The van der Waals surface area contributed by atoms with E-state index in [1.54, 1.807) is 6.07 Å². The van der Waals surface area contributed by atoms with Crippen molar-refractivity contribution in [2.45, 2.75) is 36.6 Å². The zero-order chi connectivity index (χ0) is 20.0. The summed E-state index contributed by atoms with van der Waals surface area (Å²) >= 11 is 0. The molecule has 154 valence electrons. The average Bonchev–Trinajstić information content (AvgIpc) is 3.17. The van der Waals surface area contributed by atoms with Crippen LogP contribution in [0.2, 0.25) is 0 Å². The summed E-state index contributed by atoms with van der Waals surface area (Å²) in [6, 6.07) is 4.50. The van der Waals surface area contributed by atoms with Crippen LogP contribution >= 0.6 is 0 Å². The number of carbonyl (C=O) groups is 1. The van der Waals surface area contributed by atoms with Gasteiger partial charge in [0.25, 0.3) is 5.91 Å². The Morgan fingerprint density at radius 1 is 1.21 bits per heavy atom. The van der Waals surface area contributed by atoms with Gasteiger partial charge in [0.2, 0.25) is 10.0 Å². The van der Waals surface area contributed by atoms with Crippen LogP contribution in [-0.2, 0) is 32.5 Å². The van der Waals surface area contributed by atoms with Crippen LogP contribution in [0.4, 0.5) is 5.69 Å². The van der Waals surface area contributed by atoms with Gasteiger partial charge in [0.15, 0.2) is 12.5 Å². The molecule has 1 N–H and O–H groups in total. The highest BCUT2D eigenvalue weighted by Gasteiger charge is 2.33. The molecule has 1 aromatic carbocycles. The summed E-state index contributed by atoms with van der Waals surface area (Å²) in [6.07, 6.45) is 2.21. The number of oxazole rings is 1. The van der Waals surface area contributed by atoms with Gasteiger partial charge in [-0.25, -0.2) is 13.4 Å². The molecule has 5 rings (SSSR count). The number of nitrogens with one attached hydrogen (secondary N) is 1. The van der Waals surface area contributed by atoms with E-state index in [1.807, 2.05) is 0 Å². The number of amides is 1. The first-order valence-electron chi connectivity index (χ1n) is 9.64. The predicted molar refractivity (Wildman–Crippen MR) is 101 cm³/mol. The van der Waals surface area contributed by atoms with E-state index in [4.69, 9.17) is 13.9 Å². The van der Waals surface area contributed by atoms with E-state index in [2.05, 4.69) is 10.3 Å². The van der Waals surface area contributed by atoms with Crippen LogP contribution in [0.3, 0.4) is 0 Å². The zero-order valence-corrected chi connectivity index (χ0v) is 16.5. The van der Waals surface area contributed by atoms with E-state index in [-0.39, 0.29) is 29.9 Å². The van der Waals surface area contributed by atoms with E-state index < -0.39 is 10.0 Å². The third-order valence-electron chi connectivity index (χ3n) is 5.50. The zero-order valence-electron chi connectivity index (χ0n) is 15.7. The first kappa shape index (κ1) is 18.6. The topological polar surface area (TPSA) is 111 Å². The van der Waals surface area contributed by atoms with Crippen LogP contribution < -0.4 is 10.1 Å². The lowest BCUT2D eigenvalue weighted by Gasteiger charge is -2.25. The molecule has 10 heteroatoms. The van der Waals surface area contributed by atoms with E-state index in [0.29, 0.717) is 49.2 Å². The molecule has 0 atom stereocenters. The van der Waals surface area contributed by atoms with Crippen LogP contribution in [0.5, 0.6) is 5.75 Å². The smallest absolute Gasteiger partial charge is 0.262 e. The molecular formula is C19H21N3O6S. The molecule has 1 amide bonds. The minimum Gasteiger partial charge on any atom is -0.482 e. The van der Waals surface area contributed by atoms with Crippen molar-refractivity contribution >= 4 is 21.6 Å². The Morgan fingerprint density at radius 2 is 2.03 bits per heavy atom. The number of anilines is 1. The van der Waals surface area contributed by atoms with Crippen molar-refractivity contribution in [1.82, 2.24) is 9.29 Å². The number of hydrogen-bond acceptors (Lipinski definition) is 7. The summed E-state index contributed by atoms with van der Waals surface area (Å²) in [5.74, 6) is 1.83. The van der Waals surface area contributed by atoms with Gasteiger partial charge >= 0.3 is 0 Å². The van der Waals surface area contributed by atoms with E-state index in [0.717, 1.165) is 18.6 Å². The Kier molecular flexibility index (Phi) is 4.56. The second-order valence-corrected chi connectivity index (χ2v) is 9.33. The highest BCUT2D eigenvalue weighted by molar-refractivity contribution is 7.89. The van der Waals surface area contributed by atoms with Gasteiger partial charge in [0, 0.05) is 32.1 Å². The van der Waals surface area contributed by atoms with Crippen LogP contribution in [-0.4, -0.2) is 50.0 Å². The Labute approximate surface area is 168 Å². The molecule has 3 aliphatic heterocycles. The van der Waals surface area contributed by atoms with Gasteiger partial charge in [-0.3, -0.25) is 4.79 Å². The van der Waals surface area contributed by atoms with Crippen molar-refractivity contribution in [3.63, 3.8) is 0 Å². The van der Waals surface area contributed by atoms with Gasteiger partial charge in [-0.15, -0.1) is 0 Å². The molecule has 2 aromatic rings. The quantitative estimate of drug-likeness (QED) is 0.805. The van der Waals surface area contributed by atoms with Crippen LogP contribution in [0.15, 0.2) is 27.5 Å². The number of carbonyl (C=O) groups excluding carboxylic acids is 1. The molecule has 29 heavy (non-hydrogen) atoms. The Balaban J connectivity index is 1.38. The fourth-order valence-electron chi connectivity index (χ4n) is 3.89. The molecule has 0 aliphatic carbocycles. The van der Waals surface area contributed by atoms with Crippen LogP contribution in [0.1, 0.15) is 36.1 Å².